The number of benzene rings is 1. The minimum atomic E-state index is -3.19. The molecule has 1 atom stereocenters. The fourth-order valence-corrected chi connectivity index (χ4v) is 5.15. The number of amides is 1. The van der Waals surface area contributed by atoms with Crippen LogP contribution in [0.15, 0.2) is 33.8 Å². The maximum atomic E-state index is 12.4. The molecule has 30 heavy (non-hydrogen) atoms. The lowest BCUT2D eigenvalue weighted by molar-refractivity contribution is -0.138. The van der Waals surface area contributed by atoms with Crippen LogP contribution in [0.4, 0.5) is 0 Å². The van der Waals surface area contributed by atoms with Crippen molar-refractivity contribution in [3.05, 3.63) is 35.2 Å². The van der Waals surface area contributed by atoms with Crippen molar-refractivity contribution < 1.29 is 27.2 Å². The van der Waals surface area contributed by atoms with Gasteiger partial charge < -0.3 is 9.15 Å². The topological polar surface area (TPSA) is 132 Å². The third kappa shape index (κ3) is 4.36. The van der Waals surface area contributed by atoms with Gasteiger partial charge in [0.25, 0.3) is 5.89 Å². The summed E-state index contributed by atoms with van der Waals surface area (Å²) in [6.45, 7) is -0.277. The molecule has 2 aliphatic rings. The Morgan fingerprint density at radius 1 is 1.27 bits per heavy atom. The average molecular weight is 453 g/mol. The van der Waals surface area contributed by atoms with Crippen molar-refractivity contribution >= 4 is 39.0 Å². The number of nitrogens with zero attached hydrogens (tertiary/aromatic N) is 4. The van der Waals surface area contributed by atoms with Crippen molar-refractivity contribution in [1.29, 1.82) is 0 Å². The molecule has 1 fully saturated rings. The second kappa shape index (κ2) is 8.15. The molecule has 12 heteroatoms. The Morgan fingerprint density at radius 2 is 2.07 bits per heavy atom. The summed E-state index contributed by atoms with van der Waals surface area (Å²) in [5.41, 5.74) is 0.603. The number of hydrogen-bond donors (Lipinski definition) is 0. The first-order chi connectivity index (χ1) is 14.3. The predicted octanol–water partition coefficient (Wildman–Crippen LogP) is 1.60. The lowest BCUT2D eigenvalue weighted by atomic mass is 10.1. The van der Waals surface area contributed by atoms with E-state index in [0.29, 0.717) is 17.0 Å². The first-order valence-electron chi connectivity index (χ1n) is 9.17. The SMILES string of the molecule is O=C(OCc1nnc(-c2ccccc2Cl)o1)C1=NN(C2CCS(=O)(=O)C2)C(=O)CC1. The number of rotatable bonds is 5. The summed E-state index contributed by atoms with van der Waals surface area (Å²) in [6.07, 6.45) is 0.469. The Bertz CT molecular complexity index is 1130. The van der Waals surface area contributed by atoms with E-state index in [4.69, 9.17) is 20.8 Å². The summed E-state index contributed by atoms with van der Waals surface area (Å²) in [5, 5.41) is 13.3. The number of carbonyl (C=O) groups excluding carboxylic acids is 2. The molecule has 0 aliphatic carbocycles. The van der Waals surface area contributed by atoms with Gasteiger partial charge in [-0.2, -0.15) is 5.10 Å². The Morgan fingerprint density at radius 3 is 2.80 bits per heavy atom. The molecule has 0 saturated carbocycles. The first-order valence-corrected chi connectivity index (χ1v) is 11.4. The summed E-state index contributed by atoms with van der Waals surface area (Å²) < 4.78 is 34.0. The predicted molar refractivity (Wildman–Crippen MR) is 105 cm³/mol. The lowest BCUT2D eigenvalue weighted by Gasteiger charge is -2.27. The molecule has 3 heterocycles. The van der Waals surface area contributed by atoms with E-state index in [0.717, 1.165) is 5.01 Å². The van der Waals surface area contributed by atoms with Gasteiger partial charge in [-0.3, -0.25) is 4.79 Å². The second-order valence-electron chi connectivity index (χ2n) is 6.90. The smallest absolute Gasteiger partial charge is 0.355 e. The van der Waals surface area contributed by atoms with E-state index in [2.05, 4.69) is 15.3 Å². The van der Waals surface area contributed by atoms with Gasteiger partial charge in [0.05, 0.1) is 28.1 Å². The lowest BCUT2D eigenvalue weighted by Crippen LogP contribution is -2.42. The van der Waals surface area contributed by atoms with Crippen molar-refractivity contribution in [2.75, 3.05) is 11.5 Å². The Kier molecular flexibility index (Phi) is 5.56. The highest BCUT2D eigenvalue weighted by Gasteiger charge is 2.37. The third-order valence-corrected chi connectivity index (χ3v) is 6.83. The normalized spacial score (nSPS) is 20.8. The van der Waals surface area contributed by atoms with Gasteiger partial charge in [0.1, 0.15) is 5.71 Å². The minimum absolute atomic E-state index is 0.00166. The van der Waals surface area contributed by atoms with Crippen LogP contribution in [-0.2, 0) is 30.8 Å². The number of hydrogen-bond acceptors (Lipinski definition) is 9. The quantitative estimate of drug-likeness (QED) is 0.625. The van der Waals surface area contributed by atoms with E-state index in [1.807, 2.05) is 0 Å². The van der Waals surface area contributed by atoms with E-state index in [9.17, 15) is 18.0 Å². The van der Waals surface area contributed by atoms with Crippen LogP contribution in [0.2, 0.25) is 5.02 Å². The summed E-state index contributed by atoms with van der Waals surface area (Å²) in [5.74, 6) is -0.926. The summed E-state index contributed by atoms with van der Waals surface area (Å²) in [6, 6.07) is 6.39. The molecule has 1 saturated heterocycles. The van der Waals surface area contributed by atoms with Crippen molar-refractivity contribution in [2.45, 2.75) is 31.9 Å². The van der Waals surface area contributed by atoms with Gasteiger partial charge in [0.15, 0.2) is 16.4 Å². The Hall–Kier alpha value is -2.79. The molecule has 1 amide bonds. The van der Waals surface area contributed by atoms with Crippen molar-refractivity contribution in [3.8, 4) is 11.5 Å². The van der Waals surface area contributed by atoms with Gasteiger partial charge in [-0.1, -0.05) is 23.7 Å². The number of esters is 1. The van der Waals surface area contributed by atoms with Gasteiger partial charge >= 0.3 is 5.97 Å². The van der Waals surface area contributed by atoms with Crippen molar-refractivity contribution in [2.24, 2.45) is 5.10 Å². The maximum absolute atomic E-state index is 12.4. The van der Waals surface area contributed by atoms with E-state index in [-0.39, 0.29) is 54.4 Å². The first kappa shape index (κ1) is 20.5. The second-order valence-corrected chi connectivity index (χ2v) is 9.53. The summed E-state index contributed by atoms with van der Waals surface area (Å²) >= 11 is 6.10. The van der Waals surface area contributed by atoms with Gasteiger partial charge in [-0.15, -0.1) is 10.2 Å². The number of aromatic nitrogens is 2. The van der Waals surface area contributed by atoms with E-state index in [1.165, 1.54) is 0 Å². The van der Waals surface area contributed by atoms with Crippen LogP contribution in [0.5, 0.6) is 0 Å². The number of halogens is 1. The Balaban J connectivity index is 1.41. The van der Waals surface area contributed by atoms with Crippen molar-refractivity contribution in [1.82, 2.24) is 15.2 Å². The number of ether oxygens (including phenoxy) is 1. The molecule has 4 rings (SSSR count). The summed E-state index contributed by atoms with van der Waals surface area (Å²) in [7, 11) is -3.19. The third-order valence-electron chi connectivity index (χ3n) is 4.75. The molecule has 2 aromatic rings. The molecule has 10 nitrogen and oxygen atoms in total. The van der Waals surface area contributed by atoms with Crippen LogP contribution in [-0.4, -0.2) is 58.8 Å². The van der Waals surface area contributed by atoms with E-state index in [1.54, 1.807) is 24.3 Å². The van der Waals surface area contributed by atoms with Crippen LogP contribution in [0.1, 0.15) is 25.2 Å². The highest BCUT2D eigenvalue weighted by Crippen LogP contribution is 2.26. The molecule has 2 aliphatic heterocycles. The molecule has 1 aromatic heterocycles. The molecule has 0 radical (unpaired) electrons. The zero-order valence-electron chi connectivity index (χ0n) is 15.7. The molecule has 0 N–H and O–H groups in total. The monoisotopic (exact) mass is 452 g/mol. The Labute approximate surface area is 176 Å². The highest BCUT2D eigenvalue weighted by molar-refractivity contribution is 7.91. The minimum Gasteiger partial charge on any atom is -0.451 e. The molecule has 0 spiro atoms. The summed E-state index contributed by atoms with van der Waals surface area (Å²) in [4.78, 5) is 24.5. The number of carbonyl (C=O) groups is 2. The van der Waals surface area contributed by atoms with Gasteiger partial charge in [0.2, 0.25) is 11.8 Å². The van der Waals surface area contributed by atoms with Crippen LogP contribution >= 0.6 is 11.6 Å². The van der Waals surface area contributed by atoms with Crippen LogP contribution in [0.3, 0.4) is 0 Å². The standard InChI is InChI=1S/C18H17ClN4O6S/c19-13-4-2-1-3-12(13)17-21-20-15(29-17)9-28-18(25)14-5-6-16(24)23(22-14)11-7-8-30(26,27)10-11/h1-4,11H,5-10H2. The fraction of sp³-hybridized carbons (Fsp3) is 0.389. The zero-order valence-corrected chi connectivity index (χ0v) is 17.2. The molecule has 1 unspecified atom stereocenters. The van der Waals surface area contributed by atoms with Crippen LogP contribution in [0.25, 0.3) is 11.5 Å². The highest BCUT2D eigenvalue weighted by atomic mass is 35.5. The van der Waals surface area contributed by atoms with Gasteiger partial charge in [-0.05, 0) is 18.6 Å². The zero-order chi connectivity index (χ0) is 21.3. The van der Waals surface area contributed by atoms with Crippen LogP contribution < -0.4 is 0 Å². The average Bonchev–Trinajstić information content (AvgIpc) is 3.33. The molecular formula is C18H17ClN4O6S. The maximum Gasteiger partial charge on any atom is 0.355 e. The molecular weight excluding hydrogens is 436 g/mol. The van der Waals surface area contributed by atoms with Crippen LogP contribution in [0, 0.1) is 0 Å². The number of sulfone groups is 1. The number of hydrazone groups is 1. The molecule has 0 bridgehead atoms. The largest absolute Gasteiger partial charge is 0.451 e. The van der Waals surface area contributed by atoms with E-state index < -0.39 is 21.8 Å². The van der Waals surface area contributed by atoms with Gasteiger partial charge in [0, 0.05) is 12.8 Å². The molecule has 158 valence electrons. The molecule has 1 aromatic carbocycles. The van der Waals surface area contributed by atoms with Crippen molar-refractivity contribution in [3.63, 3.8) is 0 Å². The van der Waals surface area contributed by atoms with E-state index >= 15 is 0 Å². The van der Waals surface area contributed by atoms with Gasteiger partial charge in [-0.25, -0.2) is 18.2 Å². The fourth-order valence-electron chi connectivity index (χ4n) is 3.24.